The van der Waals surface area contributed by atoms with Crippen LogP contribution in [0.15, 0.2) is 54.6 Å². The van der Waals surface area contributed by atoms with Gasteiger partial charge in [0.25, 0.3) is 5.69 Å². The average Bonchev–Trinajstić information content (AvgIpc) is 3.05. The van der Waals surface area contributed by atoms with Crippen LogP contribution in [0.25, 0.3) is 16.7 Å². The smallest absolute Gasteiger partial charge is 0.273 e. The van der Waals surface area contributed by atoms with E-state index in [9.17, 15) is 10.1 Å². The van der Waals surface area contributed by atoms with Gasteiger partial charge in [0.05, 0.1) is 35.2 Å². The van der Waals surface area contributed by atoms with Gasteiger partial charge in [-0.3, -0.25) is 10.1 Å². The van der Waals surface area contributed by atoms with Crippen LogP contribution in [0.4, 0.5) is 17.2 Å². The van der Waals surface area contributed by atoms with Crippen molar-refractivity contribution in [3.63, 3.8) is 0 Å². The number of rotatable bonds is 5. The minimum absolute atomic E-state index is 0.0372. The van der Waals surface area contributed by atoms with Crippen molar-refractivity contribution in [2.45, 2.75) is 13.8 Å². The lowest BCUT2D eigenvalue weighted by molar-refractivity contribution is -0.384. The van der Waals surface area contributed by atoms with Gasteiger partial charge in [-0.15, -0.1) is 0 Å². The highest BCUT2D eigenvalue weighted by Gasteiger charge is 2.16. The van der Waals surface area contributed by atoms with Crippen LogP contribution in [0.2, 0.25) is 0 Å². The molecule has 2 aromatic heterocycles. The fraction of sp³-hybridized carbons (Fsp3) is 0.143. The van der Waals surface area contributed by atoms with Crippen LogP contribution in [0.1, 0.15) is 11.3 Å². The molecule has 0 saturated heterocycles. The summed E-state index contributed by atoms with van der Waals surface area (Å²) >= 11 is 0. The number of pyridine rings is 1. The van der Waals surface area contributed by atoms with E-state index in [0.717, 1.165) is 28.0 Å². The van der Waals surface area contributed by atoms with Crippen molar-refractivity contribution >= 4 is 28.2 Å². The maximum Gasteiger partial charge on any atom is 0.273 e. The molecule has 0 aliphatic heterocycles. The van der Waals surface area contributed by atoms with Crippen LogP contribution in [0.5, 0.6) is 5.75 Å². The van der Waals surface area contributed by atoms with Crippen molar-refractivity contribution in [2.75, 3.05) is 12.4 Å². The molecule has 4 rings (SSSR count). The zero-order valence-corrected chi connectivity index (χ0v) is 16.2. The Morgan fingerprint density at radius 1 is 1.10 bits per heavy atom. The molecule has 8 heteroatoms. The van der Waals surface area contributed by atoms with Gasteiger partial charge in [0.1, 0.15) is 11.6 Å². The molecule has 2 aromatic carbocycles. The molecule has 0 aliphatic rings. The molecule has 2 heterocycles. The summed E-state index contributed by atoms with van der Waals surface area (Å²) in [6.45, 7) is 3.97. The number of ether oxygens (including phenoxy) is 1. The predicted octanol–water partition coefficient (Wildman–Crippen LogP) is 4.70. The number of methoxy groups -OCH3 is 1. The third kappa shape index (κ3) is 3.36. The lowest BCUT2D eigenvalue weighted by Gasteiger charge is -2.12. The van der Waals surface area contributed by atoms with Crippen molar-refractivity contribution < 1.29 is 9.66 Å². The lowest BCUT2D eigenvalue weighted by Crippen LogP contribution is -2.01. The van der Waals surface area contributed by atoms with Crippen LogP contribution in [0, 0.1) is 24.0 Å². The van der Waals surface area contributed by atoms with E-state index in [0.29, 0.717) is 17.3 Å². The van der Waals surface area contributed by atoms with Gasteiger partial charge in [-0.05, 0) is 43.7 Å². The Kier molecular flexibility index (Phi) is 4.59. The highest BCUT2D eigenvalue weighted by Crippen LogP contribution is 2.32. The number of non-ortho nitro benzene ring substituents is 1. The number of nitro benzene ring substituents is 1. The second-order valence-electron chi connectivity index (χ2n) is 6.62. The Balaban J connectivity index is 1.81. The minimum atomic E-state index is -0.456. The van der Waals surface area contributed by atoms with Crippen LogP contribution in [0.3, 0.4) is 0 Å². The molecule has 0 atom stereocenters. The van der Waals surface area contributed by atoms with Gasteiger partial charge in [-0.25, -0.2) is 9.67 Å². The molecule has 0 saturated carbocycles. The number of nitro groups is 1. The van der Waals surface area contributed by atoms with Gasteiger partial charge in [0.2, 0.25) is 0 Å². The van der Waals surface area contributed by atoms with Gasteiger partial charge in [0.15, 0.2) is 5.65 Å². The van der Waals surface area contributed by atoms with Crippen LogP contribution in [-0.2, 0) is 0 Å². The summed E-state index contributed by atoms with van der Waals surface area (Å²) in [4.78, 5) is 15.3. The number of hydrogen-bond donors (Lipinski definition) is 1. The Morgan fingerprint density at radius 3 is 2.55 bits per heavy atom. The highest BCUT2D eigenvalue weighted by molar-refractivity contribution is 5.85. The Labute approximate surface area is 166 Å². The number of hydrogen-bond acceptors (Lipinski definition) is 6. The standard InChI is InChI=1S/C21H19N5O3/c1-13-11-19(22-17-10-9-16(26(27)28)12-18(17)29-3)23-21-20(13)14(2)24-25(21)15-7-5-4-6-8-15/h4-12H,1-3H3,(H,22,23). The summed E-state index contributed by atoms with van der Waals surface area (Å²) < 4.78 is 7.13. The SMILES string of the molecule is COc1cc([N+](=O)[O-])ccc1Nc1cc(C)c2c(C)nn(-c3ccccc3)c2n1. The third-order valence-electron chi connectivity index (χ3n) is 4.67. The maximum absolute atomic E-state index is 11.0. The molecule has 0 fully saturated rings. The van der Waals surface area contributed by atoms with E-state index in [1.807, 2.05) is 54.9 Å². The number of para-hydroxylation sites is 1. The van der Waals surface area contributed by atoms with Crippen molar-refractivity contribution in [2.24, 2.45) is 0 Å². The number of nitrogens with zero attached hydrogens (tertiary/aromatic N) is 4. The van der Waals surface area contributed by atoms with E-state index in [-0.39, 0.29) is 5.69 Å². The molecule has 0 spiro atoms. The molecule has 1 N–H and O–H groups in total. The first kappa shape index (κ1) is 18.4. The number of aromatic nitrogens is 3. The van der Waals surface area contributed by atoms with E-state index >= 15 is 0 Å². The molecule has 8 nitrogen and oxygen atoms in total. The fourth-order valence-electron chi connectivity index (χ4n) is 3.35. The van der Waals surface area contributed by atoms with Gasteiger partial charge in [-0.2, -0.15) is 5.10 Å². The first-order chi connectivity index (χ1) is 14.0. The third-order valence-corrected chi connectivity index (χ3v) is 4.67. The van der Waals surface area contributed by atoms with Gasteiger partial charge in [0, 0.05) is 11.5 Å². The summed E-state index contributed by atoms with van der Waals surface area (Å²) in [6, 6.07) is 16.1. The normalized spacial score (nSPS) is 10.9. The summed E-state index contributed by atoms with van der Waals surface area (Å²) in [5.41, 5.74) is 4.13. The lowest BCUT2D eigenvalue weighted by atomic mass is 10.1. The van der Waals surface area contributed by atoms with Crippen molar-refractivity contribution in [1.82, 2.24) is 14.8 Å². The van der Waals surface area contributed by atoms with E-state index in [1.54, 1.807) is 6.07 Å². The zero-order valence-electron chi connectivity index (χ0n) is 16.2. The predicted molar refractivity (Wildman–Crippen MR) is 111 cm³/mol. The van der Waals surface area contributed by atoms with Crippen LogP contribution in [-0.4, -0.2) is 26.8 Å². The van der Waals surface area contributed by atoms with Crippen LogP contribution < -0.4 is 10.1 Å². The maximum atomic E-state index is 11.0. The summed E-state index contributed by atoms with van der Waals surface area (Å²) in [5.74, 6) is 0.964. The Hall–Kier alpha value is -3.94. The van der Waals surface area contributed by atoms with E-state index < -0.39 is 4.92 Å². The molecule has 29 heavy (non-hydrogen) atoms. The molecule has 0 aliphatic carbocycles. The molecule has 0 bridgehead atoms. The number of fused-ring (bicyclic) bond motifs is 1. The number of benzene rings is 2. The fourth-order valence-corrected chi connectivity index (χ4v) is 3.35. The highest BCUT2D eigenvalue weighted by atomic mass is 16.6. The second-order valence-corrected chi connectivity index (χ2v) is 6.62. The molecule has 146 valence electrons. The molecule has 0 amide bonds. The van der Waals surface area contributed by atoms with E-state index in [4.69, 9.17) is 9.72 Å². The van der Waals surface area contributed by atoms with Crippen molar-refractivity contribution in [3.05, 3.63) is 76.0 Å². The zero-order chi connectivity index (χ0) is 20.5. The number of anilines is 2. The Bertz CT molecular complexity index is 1220. The number of nitrogens with one attached hydrogen (secondary N) is 1. The van der Waals surface area contributed by atoms with Crippen LogP contribution >= 0.6 is 0 Å². The average molecular weight is 389 g/mol. The topological polar surface area (TPSA) is 95.1 Å². The van der Waals surface area contributed by atoms with E-state index in [1.165, 1.54) is 19.2 Å². The molecule has 0 radical (unpaired) electrons. The van der Waals surface area contributed by atoms with Crippen molar-refractivity contribution in [1.29, 1.82) is 0 Å². The quantitative estimate of drug-likeness (QED) is 0.393. The largest absolute Gasteiger partial charge is 0.494 e. The molecular formula is C21H19N5O3. The van der Waals surface area contributed by atoms with Gasteiger partial charge < -0.3 is 10.1 Å². The first-order valence-electron chi connectivity index (χ1n) is 9.00. The molecule has 0 unspecified atom stereocenters. The monoisotopic (exact) mass is 389 g/mol. The second kappa shape index (κ2) is 7.23. The molecular weight excluding hydrogens is 370 g/mol. The van der Waals surface area contributed by atoms with Gasteiger partial charge >= 0.3 is 0 Å². The van der Waals surface area contributed by atoms with E-state index in [2.05, 4.69) is 10.4 Å². The summed E-state index contributed by atoms with van der Waals surface area (Å²) in [5, 5.41) is 19.9. The first-order valence-corrected chi connectivity index (χ1v) is 9.00. The Morgan fingerprint density at radius 2 is 1.86 bits per heavy atom. The van der Waals surface area contributed by atoms with Crippen molar-refractivity contribution in [3.8, 4) is 11.4 Å². The summed E-state index contributed by atoms with van der Waals surface area (Å²) in [6.07, 6.45) is 0. The number of aryl methyl sites for hydroxylation is 2. The van der Waals surface area contributed by atoms with Gasteiger partial charge in [-0.1, -0.05) is 18.2 Å². The summed E-state index contributed by atoms with van der Waals surface area (Å²) in [7, 11) is 1.47. The minimum Gasteiger partial charge on any atom is -0.494 e. The molecule has 4 aromatic rings.